The van der Waals surface area contributed by atoms with Crippen molar-refractivity contribution in [2.24, 2.45) is 0 Å². The number of rotatable bonds is 5. The van der Waals surface area contributed by atoms with Gasteiger partial charge in [-0.15, -0.1) is 0 Å². The standard InChI is InChI=1S/C16H25FN2/c1-3-7-15-12-19(11-10-17)16(2,13-18-15)14-8-5-4-6-9-14/h4-6,8-9,15,18H,3,7,10-13H2,1-2H3. The second-order valence-electron chi connectivity index (χ2n) is 5.64. The van der Waals surface area contributed by atoms with Crippen molar-refractivity contribution < 1.29 is 4.39 Å². The van der Waals surface area contributed by atoms with E-state index < -0.39 is 0 Å². The molecule has 19 heavy (non-hydrogen) atoms. The van der Waals surface area contributed by atoms with Crippen LogP contribution < -0.4 is 5.32 Å². The molecule has 0 saturated carbocycles. The van der Waals surface area contributed by atoms with Gasteiger partial charge in [0, 0.05) is 25.7 Å². The first kappa shape index (κ1) is 14.5. The zero-order valence-corrected chi connectivity index (χ0v) is 12.0. The maximum Gasteiger partial charge on any atom is 0.102 e. The molecule has 1 aromatic carbocycles. The van der Waals surface area contributed by atoms with Crippen molar-refractivity contribution in [2.45, 2.75) is 38.3 Å². The van der Waals surface area contributed by atoms with Crippen LogP contribution >= 0.6 is 0 Å². The van der Waals surface area contributed by atoms with Gasteiger partial charge in [-0.25, -0.2) is 4.39 Å². The highest BCUT2D eigenvalue weighted by Gasteiger charge is 2.38. The summed E-state index contributed by atoms with van der Waals surface area (Å²) in [5.41, 5.74) is 1.17. The predicted molar refractivity (Wildman–Crippen MR) is 78.0 cm³/mol. The minimum atomic E-state index is -0.277. The summed E-state index contributed by atoms with van der Waals surface area (Å²) < 4.78 is 12.9. The first-order valence-electron chi connectivity index (χ1n) is 7.30. The monoisotopic (exact) mass is 264 g/mol. The largest absolute Gasteiger partial charge is 0.311 e. The lowest BCUT2D eigenvalue weighted by atomic mass is 9.86. The lowest BCUT2D eigenvalue weighted by molar-refractivity contribution is 0.0423. The molecule has 106 valence electrons. The van der Waals surface area contributed by atoms with Crippen molar-refractivity contribution >= 4 is 0 Å². The van der Waals surface area contributed by atoms with Gasteiger partial charge < -0.3 is 5.32 Å². The van der Waals surface area contributed by atoms with E-state index in [-0.39, 0.29) is 12.2 Å². The van der Waals surface area contributed by atoms with Crippen LogP contribution in [0.3, 0.4) is 0 Å². The lowest BCUT2D eigenvalue weighted by Gasteiger charge is -2.48. The highest BCUT2D eigenvalue weighted by atomic mass is 19.1. The minimum absolute atomic E-state index is 0.0996. The lowest BCUT2D eigenvalue weighted by Crippen LogP contribution is -2.61. The van der Waals surface area contributed by atoms with E-state index >= 15 is 0 Å². The molecule has 1 aromatic rings. The maximum absolute atomic E-state index is 12.9. The molecular weight excluding hydrogens is 239 g/mol. The van der Waals surface area contributed by atoms with Gasteiger partial charge in [0.2, 0.25) is 0 Å². The highest BCUT2D eigenvalue weighted by molar-refractivity contribution is 5.25. The van der Waals surface area contributed by atoms with Gasteiger partial charge in [-0.3, -0.25) is 4.90 Å². The molecule has 0 aliphatic carbocycles. The summed E-state index contributed by atoms with van der Waals surface area (Å²) in [7, 11) is 0. The van der Waals surface area contributed by atoms with Crippen molar-refractivity contribution in [3.8, 4) is 0 Å². The van der Waals surface area contributed by atoms with E-state index in [1.165, 1.54) is 12.0 Å². The van der Waals surface area contributed by atoms with E-state index in [9.17, 15) is 4.39 Å². The third-order valence-corrected chi connectivity index (χ3v) is 4.26. The quantitative estimate of drug-likeness (QED) is 0.879. The Morgan fingerprint density at radius 3 is 2.74 bits per heavy atom. The maximum atomic E-state index is 12.9. The first-order chi connectivity index (χ1) is 9.20. The van der Waals surface area contributed by atoms with E-state index in [0.717, 1.165) is 19.5 Å². The Morgan fingerprint density at radius 2 is 2.11 bits per heavy atom. The molecule has 0 radical (unpaired) electrons. The first-order valence-corrected chi connectivity index (χ1v) is 7.30. The average Bonchev–Trinajstić information content (AvgIpc) is 2.44. The van der Waals surface area contributed by atoms with Gasteiger partial charge in [0.1, 0.15) is 6.67 Å². The molecule has 3 heteroatoms. The van der Waals surface area contributed by atoms with Crippen molar-refractivity contribution in [3.05, 3.63) is 35.9 Å². The second kappa shape index (κ2) is 6.49. The van der Waals surface area contributed by atoms with Gasteiger partial charge in [-0.1, -0.05) is 43.7 Å². The fraction of sp³-hybridized carbons (Fsp3) is 0.625. The molecule has 1 N–H and O–H groups in total. The van der Waals surface area contributed by atoms with Crippen LogP contribution in [0.5, 0.6) is 0 Å². The summed E-state index contributed by atoms with van der Waals surface area (Å²) in [4.78, 5) is 2.30. The van der Waals surface area contributed by atoms with Crippen LogP contribution in [0.15, 0.2) is 30.3 Å². The van der Waals surface area contributed by atoms with Crippen molar-refractivity contribution in [3.63, 3.8) is 0 Å². The number of halogens is 1. The van der Waals surface area contributed by atoms with Gasteiger partial charge in [0.15, 0.2) is 0 Å². The molecule has 1 aliphatic rings. The molecule has 2 unspecified atom stereocenters. The normalized spacial score (nSPS) is 28.5. The van der Waals surface area contributed by atoms with E-state index in [2.05, 4.69) is 48.3 Å². The Bertz CT molecular complexity index is 382. The Labute approximate surface area is 116 Å². The molecule has 2 rings (SSSR count). The zero-order chi connectivity index (χ0) is 13.7. The Balaban J connectivity index is 2.18. The number of piperazine rings is 1. The molecule has 2 atom stereocenters. The number of nitrogens with zero attached hydrogens (tertiary/aromatic N) is 1. The molecule has 1 aliphatic heterocycles. The summed E-state index contributed by atoms with van der Waals surface area (Å²) in [6.45, 7) is 6.48. The van der Waals surface area contributed by atoms with Crippen LogP contribution in [0.4, 0.5) is 4.39 Å². The Morgan fingerprint density at radius 1 is 1.37 bits per heavy atom. The van der Waals surface area contributed by atoms with Crippen LogP contribution in [-0.4, -0.2) is 37.3 Å². The number of hydrogen-bond acceptors (Lipinski definition) is 2. The Hall–Kier alpha value is -0.930. The second-order valence-corrected chi connectivity index (χ2v) is 5.64. The Kier molecular flexibility index (Phi) is 4.94. The molecule has 0 amide bonds. The summed E-state index contributed by atoms with van der Waals surface area (Å²) >= 11 is 0. The van der Waals surface area contributed by atoms with Crippen LogP contribution in [0.2, 0.25) is 0 Å². The van der Waals surface area contributed by atoms with Gasteiger partial charge in [0.25, 0.3) is 0 Å². The van der Waals surface area contributed by atoms with E-state index in [1.807, 2.05) is 6.07 Å². The molecule has 0 aromatic heterocycles. The molecule has 1 fully saturated rings. The molecule has 2 nitrogen and oxygen atoms in total. The van der Waals surface area contributed by atoms with Gasteiger partial charge in [-0.05, 0) is 18.9 Å². The van der Waals surface area contributed by atoms with Gasteiger partial charge >= 0.3 is 0 Å². The molecule has 1 saturated heterocycles. The summed E-state index contributed by atoms with van der Waals surface area (Å²) in [5, 5.41) is 3.63. The fourth-order valence-electron chi connectivity index (χ4n) is 3.05. The third-order valence-electron chi connectivity index (χ3n) is 4.26. The number of hydrogen-bond donors (Lipinski definition) is 1. The molecule has 0 spiro atoms. The predicted octanol–water partition coefficient (Wildman–Crippen LogP) is 2.95. The van der Waals surface area contributed by atoms with E-state index in [0.29, 0.717) is 12.6 Å². The van der Waals surface area contributed by atoms with Crippen molar-refractivity contribution in [2.75, 3.05) is 26.3 Å². The number of nitrogens with one attached hydrogen (secondary N) is 1. The van der Waals surface area contributed by atoms with Crippen LogP contribution in [-0.2, 0) is 5.54 Å². The third kappa shape index (κ3) is 3.15. The summed E-state index contributed by atoms with van der Waals surface area (Å²) in [6, 6.07) is 10.9. The SMILES string of the molecule is CCCC1CN(CCF)C(C)(c2ccccc2)CN1. The van der Waals surface area contributed by atoms with E-state index in [1.54, 1.807) is 0 Å². The van der Waals surface area contributed by atoms with Crippen LogP contribution in [0.1, 0.15) is 32.3 Å². The molecular formula is C16H25FN2. The van der Waals surface area contributed by atoms with Crippen molar-refractivity contribution in [1.82, 2.24) is 10.2 Å². The number of benzene rings is 1. The summed E-state index contributed by atoms with van der Waals surface area (Å²) in [5.74, 6) is 0. The van der Waals surface area contributed by atoms with Gasteiger partial charge in [0.05, 0.1) is 5.54 Å². The minimum Gasteiger partial charge on any atom is -0.311 e. The van der Waals surface area contributed by atoms with Crippen molar-refractivity contribution in [1.29, 1.82) is 0 Å². The average molecular weight is 264 g/mol. The fourth-order valence-corrected chi connectivity index (χ4v) is 3.05. The molecule has 0 bridgehead atoms. The molecule has 1 heterocycles. The topological polar surface area (TPSA) is 15.3 Å². The number of alkyl halides is 1. The summed E-state index contributed by atoms with van der Waals surface area (Å²) in [6.07, 6.45) is 2.33. The van der Waals surface area contributed by atoms with Gasteiger partial charge in [-0.2, -0.15) is 0 Å². The van der Waals surface area contributed by atoms with Crippen LogP contribution in [0, 0.1) is 0 Å². The van der Waals surface area contributed by atoms with Crippen LogP contribution in [0.25, 0.3) is 0 Å². The zero-order valence-electron chi connectivity index (χ0n) is 12.0. The highest BCUT2D eigenvalue weighted by Crippen LogP contribution is 2.31. The smallest absolute Gasteiger partial charge is 0.102 e. The van der Waals surface area contributed by atoms with E-state index in [4.69, 9.17) is 0 Å².